The standard InChI is InChI=1S/C8H15NO4.C8H13NO4/c2*1-4-13-8(12)7(5(2)10)9-6(3)11/h5,7,10H,4H2,1-3H3,(H,9,11);7H,4H2,1-3H3,(H,9,11)/t5-,7?;/m0./s1. The van der Waals surface area contributed by atoms with E-state index in [1.54, 1.807) is 13.8 Å². The molecule has 0 spiro atoms. The summed E-state index contributed by atoms with van der Waals surface area (Å²) in [5, 5.41) is 13.6. The normalized spacial score (nSPS) is 13.0. The number of rotatable bonds is 8. The van der Waals surface area contributed by atoms with Gasteiger partial charge in [-0.1, -0.05) is 0 Å². The minimum atomic E-state index is -1.17. The van der Waals surface area contributed by atoms with E-state index in [9.17, 15) is 24.0 Å². The van der Waals surface area contributed by atoms with Gasteiger partial charge in [0, 0.05) is 13.8 Å². The first kappa shape index (κ1) is 25.7. The van der Waals surface area contributed by atoms with Crippen LogP contribution in [0.25, 0.3) is 0 Å². The number of esters is 2. The zero-order chi connectivity index (χ0) is 20.9. The second-order valence-corrected chi connectivity index (χ2v) is 5.17. The minimum absolute atomic E-state index is 0.183. The van der Waals surface area contributed by atoms with Gasteiger partial charge in [-0.3, -0.25) is 14.4 Å². The fourth-order valence-corrected chi connectivity index (χ4v) is 1.58. The molecule has 0 aromatic heterocycles. The van der Waals surface area contributed by atoms with Crippen molar-refractivity contribution in [2.24, 2.45) is 0 Å². The lowest BCUT2D eigenvalue weighted by molar-refractivity contribution is -0.150. The van der Waals surface area contributed by atoms with E-state index in [1.807, 2.05) is 0 Å². The van der Waals surface area contributed by atoms with Crippen molar-refractivity contribution in [3.63, 3.8) is 0 Å². The van der Waals surface area contributed by atoms with Crippen molar-refractivity contribution >= 4 is 29.5 Å². The predicted octanol–water partition coefficient (Wildman–Crippen LogP) is -0.922. The molecule has 0 bridgehead atoms. The fourth-order valence-electron chi connectivity index (χ4n) is 1.58. The number of ether oxygens (including phenoxy) is 2. The van der Waals surface area contributed by atoms with E-state index < -0.39 is 41.8 Å². The maximum absolute atomic E-state index is 11.1. The van der Waals surface area contributed by atoms with Crippen molar-refractivity contribution in [1.82, 2.24) is 10.6 Å². The van der Waals surface area contributed by atoms with E-state index in [1.165, 1.54) is 27.7 Å². The second-order valence-electron chi connectivity index (χ2n) is 5.17. The van der Waals surface area contributed by atoms with E-state index in [-0.39, 0.29) is 19.1 Å². The highest BCUT2D eigenvalue weighted by Crippen LogP contribution is 1.96. The first-order chi connectivity index (χ1) is 12.0. The lowest BCUT2D eigenvalue weighted by Crippen LogP contribution is -2.47. The summed E-state index contributed by atoms with van der Waals surface area (Å²) in [6.45, 7) is 8.83. The van der Waals surface area contributed by atoms with Gasteiger partial charge in [0.15, 0.2) is 17.9 Å². The number of carbonyl (C=O) groups excluding carboxylic acids is 5. The van der Waals surface area contributed by atoms with Crippen LogP contribution in [-0.2, 0) is 33.4 Å². The van der Waals surface area contributed by atoms with Crippen molar-refractivity contribution in [3.05, 3.63) is 0 Å². The van der Waals surface area contributed by atoms with E-state index >= 15 is 0 Å². The summed E-state index contributed by atoms with van der Waals surface area (Å²) >= 11 is 0. The van der Waals surface area contributed by atoms with Gasteiger partial charge in [-0.15, -0.1) is 0 Å². The molecule has 3 atom stereocenters. The summed E-state index contributed by atoms with van der Waals surface area (Å²) in [5.41, 5.74) is 0. The molecule has 0 fully saturated rings. The Morgan fingerprint density at radius 2 is 1.27 bits per heavy atom. The number of hydrogen-bond donors (Lipinski definition) is 3. The van der Waals surface area contributed by atoms with E-state index in [0.717, 1.165) is 0 Å². The number of ketones is 1. The van der Waals surface area contributed by atoms with Crippen LogP contribution in [0.3, 0.4) is 0 Å². The molecule has 0 heterocycles. The van der Waals surface area contributed by atoms with Crippen molar-refractivity contribution in [2.45, 2.75) is 59.7 Å². The van der Waals surface area contributed by atoms with Crippen LogP contribution in [0.2, 0.25) is 0 Å². The van der Waals surface area contributed by atoms with Gasteiger partial charge in [0.25, 0.3) is 0 Å². The highest BCUT2D eigenvalue weighted by Gasteiger charge is 2.26. The van der Waals surface area contributed by atoms with E-state index in [2.05, 4.69) is 20.1 Å². The molecule has 0 saturated heterocycles. The Kier molecular flexibility index (Phi) is 13.6. The lowest BCUT2D eigenvalue weighted by Gasteiger charge is -2.18. The summed E-state index contributed by atoms with van der Waals surface area (Å²) in [5.74, 6) is -2.58. The molecule has 0 saturated carbocycles. The summed E-state index contributed by atoms with van der Waals surface area (Å²) in [6.07, 6.45) is -0.956. The number of nitrogens with one attached hydrogen (secondary N) is 2. The maximum atomic E-state index is 11.1. The van der Waals surface area contributed by atoms with Crippen LogP contribution in [-0.4, -0.2) is 66.0 Å². The van der Waals surface area contributed by atoms with Crippen molar-refractivity contribution < 1.29 is 38.6 Å². The molecule has 3 N–H and O–H groups in total. The zero-order valence-corrected chi connectivity index (χ0v) is 16.0. The SMILES string of the molecule is CCOC(=O)C(NC(C)=O)C(C)=O.CCOC(=O)C(NC(C)=O)[C@H](C)O. The molecule has 0 aromatic carbocycles. The van der Waals surface area contributed by atoms with Crippen LogP contribution in [0.4, 0.5) is 0 Å². The summed E-state index contributed by atoms with van der Waals surface area (Å²) in [4.78, 5) is 54.3. The molecule has 10 nitrogen and oxygen atoms in total. The largest absolute Gasteiger partial charge is 0.464 e. The van der Waals surface area contributed by atoms with Crippen LogP contribution in [0, 0.1) is 0 Å². The average molecular weight is 376 g/mol. The lowest BCUT2D eigenvalue weighted by atomic mass is 10.2. The predicted molar refractivity (Wildman–Crippen MR) is 90.8 cm³/mol. The molecule has 0 rings (SSSR count). The van der Waals surface area contributed by atoms with Crippen molar-refractivity contribution in [1.29, 1.82) is 0 Å². The molecule has 2 unspecified atom stereocenters. The minimum Gasteiger partial charge on any atom is -0.464 e. The molecule has 2 amide bonds. The molecule has 0 aromatic rings. The molecule has 0 aliphatic carbocycles. The van der Waals surface area contributed by atoms with E-state index in [4.69, 9.17) is 5.11 Å². The number of carbonyl (C=O) groups is 5. The quantitative estimate of drug-likeness (QED) is 0.364. The number of aliphatic hydroxyl groups excluding tert-OH is 1. The van der Waals surface area contributed by atoms with Gasteiger partial charge in [-0.2, -0.15) is 0 Å². The molecule has 26 heavy (non-hydrogen) atoms. The van der Waals surface area contributed by atoms with Gasteiger partial charge in [-0.25, -0.2) is 9.59 Å². The Balaban J connectivity index is 0. The van der Waals surface area contributed by atoms with Gasteiger partial charge < -0.3 is 25.2 Å². The average Bonchev–Trinajstić information content (AvgIpc) is 2.50. The van der Waals surface area contributed by atoms with Crippen LogP contribution < -0.4 is 10.6 Å². The second kappa shape index (κ2) is 13.8. The zero-order valence-electron chi connectivity index (χ0n) is 16.0. The number of Topliss-reactive ketones (excluding diaryl/α,β-unsaturated/α-hetero) is 1. The van der Waals surface area contributed by atoms with Gasteiger partial charge in [0.1, 0.15) is 0 Å². The summed E-state index contributed by atoms with van der Waals surface area (Å²) in [7, 11) is 0. The molecule has 150 valence electrons. The third-order valence-electron chi connectivity index (χ3n) is 2.66. The van der Waals surface area contributed by atoms with Gasteiger partial charge in [-0.05, 0) is 27.7 Å². The highest BCUT2D eigenvalue weighted by atomic mass is 16.5. The molecular weight excluding hydrogens is 348 g/mol. The van der Waals surface area contributed by atoms with Gasteiger partial charge in [0.05, 0.1) is 19.3 Å². The molecule has 0 radical (unpaired) electrons. The Hall–Kier alpha value is -2.49. The Bertz CT molecular complexity index is 504. The van der Waals surface area contributed by atoms with Crippen LogP contribution in [0.15, 0.2) is 0 Å². The number of amides is 2. The Morgan fingerprint density at radius 3 is 1.58 bits per heavy atom. The van der Waals surface area contributed by atoms with Crippen molar-refractivity contribution in [2.75, 3.05) is 13.2 Å². The molecule has 0 aliphatic heterocycles. The first-order valence-corrected chi connectivity index (χ1v) is 8.03. The Labute approximate surface area is 152 Å². The van der Waals surface area contributed by atoms with E-state index in [0.29, 0.717) is 0 Å². The molecule has 10 heteroatoms. The third kappa shape index (κ3) is 12.0. The molecule has 0 aliphatic rings. The number of hydrogen-bond acceptors (Lipinski definition) is 8. The smallest absolute Gasteiger partial charge is 0.336 e. The monoisotopic (exact) mass is 376 g/mol. The van der Waals surface area contributed by atoms with Crippen molar-refractivity contribution in [3.8, 4) is 0 Å². The van der Waals surface area contributed by atoms with Crippen LogP contribution >= 0.6 is 0 Å². The first-order valence-electron chi connectivity index (χ1n) is 8.03. The van der Waals surface area contributed by atoms with Gasteiger partial charge in [0.2, 0.25) is 11.8 Å². The van der Waals surface area contributed by atoms with Crippen LogP contribution in [0.1, 0.15) is 41.5 Å². The number of aliphatic hydroxyl groups is 1. The van der Waals surface area contributed by atoms with Crippen LogP contribution in [0.5, 0.6) is 0 Å². The summed E-state index contributed by atoms with van der Waals surface area (Å²) in [6, 6.07) is -2.14. The Morgan fingerprint density at radius 1 is 0.846 bits per heavy atom. The maximum Gasteiger partial charge on any atom is 0.336 e. The van der Waals surface area contributed by atoms with Gasteiger partial charge >= 0.3 is 11.9 Å². The topological polar surface area (TPSA) is 148 Å². The fraction of sp³-hybridized carbons (Fsp3) is 0.688. The highest BCUT2D eigenvalue weighted by molar-refractivity contribution is 6.04. The third-order valence-corrected chi connectivity index (χ3v) is 2.66. The molecular formula is C16H28N2O8. The summed E-state index contributed by atoms with van der Waals surface area (Å²) < 4.78 is 9.24.